The Hall–Kier alpha value is -2.37. The number of H-pyrrole nitrogens is 1. The number of aromatic amines is 1. The molecule has 0 unspecified atom stereocenters. The highest BCUT2D eigenvalue weighted by Gasteiger charge is 2.08. The first-order valence-corrected chi connectivity index (χ1v) is 11.1. The SMILES string of the molecule is Ic1ccc(/C=C/CN(CCc2c[nH]c3ccccc23)Cc2ccccc2)cc1. The van der Waals surface area contributed by atoms with Gasteiger partial charge in [0.1, 0.15) is 0 Å². The Bertz CT molecular complexity index is 1060. The maximum atomic E-state index is 3.40. The highest BCUT2D eigenvalue weighted by molar-refractivity contribution is 14.1. The summed E-state index contributed by atoms with van der Waals surface area (Å²) in [6.45, 7) is 2.91. The van der Waals surface area contributed by atoms with E-state index in [-0.39, 0.29) is 0 Å². The predicted molar refractivity (Wildman–Crippen MR) is 132 cm³/mol. The zero-order chi connectivity index (χ0) is 19.9. The average molecular weight is 492 g/mol. The number of para-hydroxylation sites is 1. The molecule has 4 aromatic rings. The summed E-state index contributed by atoms with van der Waals surface area (Å²) >= 11 is 2.34. The van der Waals surface area contributed by atoms with Gasteiger partial charge in [-0.15, -0.1) is 0 Å². The fourth-order valence-electron chi connectivity index (χ4n) is 3.61. The summed E-state index contributed by atoms with van der Waals surface area (Å²) < 4.78 is 1.27. The molecule has 1 N–H and O–H groups in total. The largest absolute Gasteiger partial charge is 0.361 e. The first kappa shape index (κ1) is 19.9. The van der Waals surface area contributed by atoms with Crippen molar-refractivity contribution in [3.05, 3.63) is 111 Å². The van der Waals surface area contributed by atoms with E-state index >= 15 is 0 Å². The molecule has 0 saturated carbocycles. The lowest BCUT2D eigenvalue weighted by atomic mass is 10.1. The molecular formula is C26H25IN2. The quantitative estimate of drug-likeness (QED) is 0.277. The van der Waals surface area contributed by atoms with Gasteiger partial charge in [0.05, 0.1) is 0 Å². The van der Waals surface area contributed by atoms with Crippen LogP contribution in [0.3, 0.4) is 0 Å². The van der Waals surface area contributed by atoms with Gasteiger partial charge in [0.2, 0.25) is 0 Å². The van der Waals surface area contributed by atoms with Gasteiger partial charge in [-0.2, -0.15) is 0 Å². The number of halogens is 1. The van der Waals surface area contributed by atoms with E-state index in [0.29, 0.717) is 0 Å². The molecule has 0 spiro atoms. The van der Waals surface area contributed by atoms with Crippen LogP contribution in [0.5, 0.6) is 0 Å². The summed E-state index contributed by atoms with van der Waals surface area (Å²) in [5.41, 5.74) is 5.21. The van der Waals surface area contributed by atoms with Gasteiger partial charge in [0, 0.05) is 40.3 Å². The van der Waals surface area contributed by atoms with Gasteiger partial charge in [-0.25, -0.2) is 0 Å². The normalized spacial score (nSPS) is 11.7. The van der Waals surface area contributed by atoms with Crippen LogP contribution in [0.15, 0.2) is 91.1 Å². The van der Waals surface area contributed by atoms with E-state index in [1.807, 2.05) is 0 Å². The summed E-state index contributed by atoms with van der Waals surface area (Å²) in [5.74, 6) is 0. The lowest BCUT2D eigenvalue weighted by molar-refractivity contribution is 0.299. The summed E-state index contributed by atoms with van der Waals surface area (Å²) in [7, 11) is 0. The number of hydrogen-bond donors (Lipinski definition) is 1. The van der Waals surface area contributed by atoms with Gasteiger partial charge in [-0.05, 0) is 63.9 Å². The monoisotopic (exact) mass is 492 g/mol. The van der Waals surface area contributed by atoms with E-state index in [1.165, 1.54) is 31.2 Å². The highest BCUT2D eigenvalue weighted by atomic mass is 127. The van der Waals surface area contributed by atoms with E-state index in [1.54, 1.807) is 0 Å². The number of hydrogen-bond acceptors (Lipinski definition) is 1. The van der Waals surface area contributed by atoms with Crippen molar-refractivity contribution in [1.82, 2.24) is 9.88 Å². The van der Waals surface area contributed by atoms with Crippen molar-refractivity contribution < 1.29 is 0 Å². The van der Waals surface area contributed by atoms with Crippen LogP contribution in [0.25, 0.3) is 17.0 Å². The van der Waals surface area contributed by atoms with Crippen LogP contribution in [0.2, 0.25) is 0 Å². The van der Waals surface area contributed by atoms with Crippen LogP contribution in [-0.4, -0.2) is 23.0 Å². The lowest BCUT2D eigenvalue weighted by Crippen LogP contribution is -2.25. The molecule has 0 aliphatic carbocycles. The Labute approximate surface area is 186 Å². The van der Waals surface area contributed by atoms with Crippen LogP contribution in [0, 0.1) is 3.57 Å². The minimum absolute atomic E-state index is 0.934. The zero-order valence-corrected chi connectivity index (χ0v) is 18.5. The van der Waals surface area contributed by atoms with Crippen molar-refractivity contribution >= 4 is 39.6 Å². The third-order valence-corrected chi connectivity index (χ3v) is 5.88. The number of benzene rings is 3. The number of rotatable bonds is 8. The van der Waals surface area contributed by atoms with Crippen LogP contribution in [0.4, 0.5) is 0 Å². The molecule has 0 atom stereocenters. The summed E-state index contributed by atoms with van der Waals surface area (Å²) in [4.78, 5) is 5.91. The van der Waals surface area contributed by atoms with Crippen LogP contribution >= 0.6 is 22.6 Å². The minimum Gasteiger partial charge on any atom is -0.361 e. The number of aromatic nitrogens is 1. The fraction of sp³-hybridized carbons (Fsp3) is 0.154. The molecule has 2 nitrogen and oxygen atoms in total. The van der Waals surface area contributed by atoms with Gasteiger partial charge < -0.3 is 4.98 Å². The van der Waals surface area contributed by atoms with Crippen molar-refractivity contribution in [3.8, 4) is 0 Å². The van der Waals surface area contributed by atoms with E-state index in [0.717, 1.165) is 26.1 Å². The van der Waals surface area contributed by atoms with Crippen molar-refractivity contribution in [3.63, 3.8) is 0 Å². The van der Waals surface area contributed by atoms with Gasteiger partial charge >= 0.3 is 0 Å². The number of fused-ring (bicyclic) bond motifs is 1. The Kier molecular flexibility index (Phi) is 6.80. The molecule has 0 radical (unpaired) electrons. The Morgan fingerprint density at radius 1 is 0.862 bits per heavy atom. The molecule has 0 aliphatic rings. The lowest BCUT2D eigenvalue weighted by Gasteiger charge is -2.21. The molecule has 4 rings (SSSR count). The molecule has 0 saturated heterocycles. The maximum absolute atomic E-state index is 3.40. The number of nitrogens with zero attached hydrogens (tertiary/aromatic N) is 1. The topological polar surface area (TPSA) is 19.0 Å². The second-order valence-electron chi connectivity index (χ2n) is 7.28. The first-order valence-electron chi connectivity index (χ1n) is 10.0. The molecule has 1 heterocycles. The average Bonchev–Trinajstić information content (AvgIpc) is 3.17. The fourth-order valence-corrected chi connectivity index (χ4v) is 3.96. The molecule has 0 amide bonds. The highest BCUT2D eigenvalue weighted by Crippen LogP contribution is 2.19. The zero-order valence-electron chi connectivity index (χ0n) is 16.4. The second kappa shape index (κ2) is 9.90. The predicted octanol–water partition coefficient (Wildman–Crippen LogP) is 6.53. The summed E-state index contributed by atoms with van der Waals surface area (Å²) in [5, 5.41) is 1.33. The van der Waals surface area contributed by atoms with Gasteiger partial charge in [0.15, 0.2) is 0 Å². The van der Waals surface area contributed by atoms with E-state index in [9.17, 15) is 0 Å². The Morgan fingerprint density at radius 2 is 1.62 bits per heavy atom. The first-order chi connectivity index (χ1) is 14.3. The van der Waals surface area contributed by atoms with Crippen molar-refractivity contribution in [2.75, 3.05) is 13.1 Å². The van der Waals surface area contributed by atoms with Crippen molar-refractivity contribution in [1.29, 1.82) is 0 Å². The molecule has 0 fully saturated rings. The molecule has 146 valence electrons. The molecule has 1 aromatic heterocycles. The van der Waals surface area contributed by atoms with Crippen LogP contribution < -0.4 is 0 Å². The van der Waals surface area contributed by atoms with E-state index < -0.39 is 0 Å². The molecule has 3 aromatic carbocycles. The van der Waals surface area contributed by atoms with E-state index in [2.05, 4.69) is 130 Å². The van der Waals surface area contributed by atoms with Crippen LogP contribution in [-0.2, 0) is 13.0 Å². The molecule has 3 heteroatoms. The summed E-state index contributed by atoms with van der Waals surface area (Å²) in [6, 6.07) is 27.9. The van der Waals surface area contributed by atoms with E-state index in [4.69, 9.17) is 0 Å². The van der Waals surface area contributed by atoms with Crippen LogP contribution in [0.1, 0.15) is 16.7 Å². The third kappa shape index (κ3) is 5.58. The minimum atomic E-state index is 0.934. The second-order valence-corrected chi connectivity index (χ2v) is 8.53. The standard InChI is InChI=1S/C26H25IN2/c27-24-14-12-21(13-15-24)9-6-17-29(20-22-7-2-1-3-8-22)18-16-23-19-28-26-11-5-4-10-25(23)26/h1-15,19,28H,16-18,20H2/b9-6+. The molecular weight excluding hydrogens is 467 g/mol. The van der Waals surface area contributed by atoms with Gasteiger partial charge in [0.25, 0.3) is 0 Å². The van der Waals surface area contributed by atoms with Crippen molar-refractivity contribution in [2.45, 2.75) is 13.0 Å². The Morgan fingerprint density at radius 3 is 2.45 bits per heavy atom. The molecule has 0 aliphatic heterocycles. The number of nitrogens with one attached hydrogen (secondary N) is 1. The third-order valence-electron chi connectivity index (χ3n) is 5.17. The Balaban J connectivity index is 1.44. The smallest absolute Gasteiger partial charge is 0.0456 e. The molecule has 29 heavy (non-hydrogen) atoms. The van der Waals surface area contributed by atoms with Crippen molar-refractivity contribution in [2.24, 2.45) is 0 Å². The maximum Gasteiger partial charge on any atom is 0.0456 e. The molecule has 0 bridgehead atoms. The van der Waals surface area contributed by atoms with Gasteiger partial charge in [-0.3, -0.25) is 4.90 Å². The summed E-state index contributed by atoms with van der Waals surface area (Å²) in [6.07, 6.45) is 7.70. The van der Waals surface area contributed by atoms with Gasteiger partial charge in [-0.1, -0.05) is 72.8 Å².